The van der Waals surface area contributed by atoms with Gasteiger partial charge in [0.2, 0.25) is 0 Å². The van der Waals surface area contributed by atoms with Gasteiger partial charge in [0.1, 0.15) is 0 Å². The average molecular weight is 288 g/mol. The Labute approximate surface area is 126 Å². The summed E-state index contributed by atoms with van der Waals surface area (Å²) in [7, 11) is 0. The Bertz CT molecular complexity index is 492. The van der Waals surface area contributed by atoms with Crippen molar-refractivity contribution in [2.45, 2.75) is 32.7 Å². The number of carbonyl (C=O) groups is 1. The van der Waals surface area contributed by atoms with Crippen LogP contribution in [0, 0.1) is 12.3 Å². The van der Waals surface area contributed by atoms with E-state index in [1.807, 2.05) is 4.90 Å². The van der Waals surface area contributed by atoms with Gasteiger partial charge in [-0.05, 0) is 31.7 Å². The molecule has 0 bridgehead atoms. The van der Waals surface area contributed by atoms with Crippen LogP contribution in [-0.4, -0.2) is 37.2 Å². The third-order valence-electron chi connectivity index (χ3n) is 4.70. The molecule has 2 aliphatic rings. The van der Waals surface area contributed by atoms with Gasteiger partial charge in [-0.1, -0.05) is 29.8 Å². The number of carbonyl (C=O) groups excluding carboxylic acids is 1. The Morgan fingerprint density at radius 1 is 1.33 bits per heavy atom. The van der Waals surface area contributed by atoms with Crippen molar-refractivity contribution < 1.29 is 9.53 Å². The molecule has 114 valence electrons. The normalized spacial score (nSPS) is 25.3. The van der Waals surface area contributed by atoms with Crippen molar-refractivity contribution in [3.8, 4) is 0 Å². The lowest BCUT2D eigenvalue weighted by Gasteiger charge is -2.39. The summed E-state index contributed by atoms with van der Waals surface area (Å²) in [6.45, 7) is 6.03. The number of nitrogens with zero attached hydrogens (tertiary/aromatic N) is 1. The van der Waals surface area contributed by atoms with Gasteiger partial charge in [-0.25, -0.2) is 4.79 Å². The van der Waals surface area contributed by atoms with E-state index in [9.17, 15) is 4.79 Å². The summed E-state index contributed by atoms with van der Waals surface area (Å²) in [5.74, 6) is 0. The molecular formula is C17H24N2O2. The molecule has 0 radical (unpaired) electrons. The summed E-state index contributed by atoms with van der Waals surface area (Å²) < 4.78 is 5.55. The molecule has 1 atom stereocenters. The molecule has 1 spiro atoms. The Kier molecular flexibility index (Phi) is 4.15. The van der Waals surface area contributed by atoms with Crippen molar-refractivity contribution in [1.29, 1.82) is 0 Å². The first-order chi connectivity index (χ1) is 10.2. The van der Waals surface area contributed by atoms with Crippen LogP contribution in [0.3, 0.4) is 0 Å². The molecule has 2 amide bonds. The number of aryl methyl sites for hydroxylation is 1. The van der Waals surface area contributed by atoms with Gasteiger partial charge >= 0.3 is 6.03 Å². The maximum Gasteiger partial charge on any atom is 0.317 e. The molecule has 0 saturated carbocycles. The van der Waals surface area contributed by atoms with Crippen LogP contribution in [-0.2, 0) is 11.3 Å². The van der Waals surface area contributed by atoms with E-state index in [-0.39, 0.29) is 11.4 Å². The third-order valence-corrected chi connectivity index (χ3v) is 4.70. The fourth-order valence-corrected chi connectivity index (χ4v) is 3.35. The molecule has 1 aromatic rings. The molecule has 0 aromatic heterocycles. The Morgan fingerprint density at radius 2 is 2.14 bits per heavy atom. The molecule has 2 saturated heterocycles. The minimum atomic E-state index is 0.0570. The largest absolute Gasteiger partial charge is 0.381 e. The average Bonchev–Trinajstić information content (AvgIpc) is 2.94. The zero-order valence-electron chi connectivity index (χ0n) is 12.7. The van der Waals surface area contributed by atoms with Gasteiger partial charge in [0.05, 0.1) is 6.61 Å². The maximum atomic E-state index is 12.4. The van der Waals surface area contributed by atoms with E-state index in [1.54, 1.807) is 0 Å². The minimum absolute atomic E-state index is 0.0570. The number of rotatable bonds is 2. The SMILES string of the molecule is Cc1ccc(CNC(=O)N2CCC[C@@]3(CCOC3)C2)cc1. The van der Waals surface area contributed by atoms with Crippen molar-refractivity contribution in [2.75, 3.05) is 26.3 Å². The van der Waals surface area contributed by atoms with Crippen molar-refractivity contribution in [2.24, 2.45) is 5.41 Å². The summed E-state index contributed by atoms with van der Waals surface area (Å²) in [5.41, 5.74) is 2.61. The summed E-state index contributed by atoms with van der Waals surface area (Å²) in [6, 6.07) is 8.35. The topological polar surface area (TPSA) is 41.6 Å². The highest BCUT2D eigenvalue weighted by Crippen LogP contribution is 2.37. The van der Waals surface area contributed by atoms with E-state index >= 15 is 0 Å². The molecule has 4 heteroatoms. The number of likely N-dealkylation sites (tertiary alicyclic amines) is 1. The fourth-order valence-electron chi connectivity index (χ4n) is 3.35. The second-order valence-corrected chi connectivity index (χ2v) is 6.47. The first kappa shape index (κ1) is 14.4. The molecule has 21 heavy (non-hydrogen) atoms. The quantitative estimate of drug-likeness (QED) is 0.909. The van der Waals surface area contributed by atoms with E-state index in [0.29, 0.717) is 6.54 Å². The van der Waals surface area contributed by atoms with Crippen LogP contribution in [0.1, 0.15) is 30.4 Å². The second kappa shape index (κ2) is 6.06. The summed E-state index contributed by atoms with van der Waals surface area (Å²) in [6.07, 6.45) is 3.37. The van der Waals surface area contributed by atoms with E-state index < -0.39 is 0 Å². The number of piperidine rings is 1. The zero-order chi connectivity index (χ0) is 14.7. The summed E-state index contributed by atoms with van der Waals surface area (Å²) >= 11 is 0. The Balaban J connectivity index is 1.54. The molecule has 3 rings (SSSR count). The Morgan fingerprint density at radius 3 is 2.86 bits per heavy atom. The van der Waals surface area contributed by atoms with Crippen LogP contribution < -0.4 is 5.32 Å². The lowest BCUT2D eigenvalue weighted by molar-refractivity contribution is 0.0826. The van der Waals surface area contributed by atoms with Gasteiger partial charge in [-0.3, -0.25) is 0 Å². The summed E-state index contributed by atoms with van der Waals surface area (Å²) in [4.78, 5) is 14.3. The van der Waals surface area contributed by atoms with E-state index in [0.717, 1.165) is 44.7 Å². The zero-order valence-corrected chi connectivity index (χ0v) is 12.7. The van der Waals surface area contributed by atoms with Crippen molar-refractivity contribution >= 4 is 6.03 Å². The first-order valence-corrected chi connectivity index (χ1v) is 7.83. The highest BCUT2D eigenvalue weighted by molar-refractivity contribution is 5.74. The van der Waals surface area contributed by atoms with Crippen LogP contribution >= 0.6 is 0 Å². The molecule has 2 aliphatic heterocycles. The van der Waals surface area contributed by atoms with Gasteiger partial charge in [0, 0.05) is 31.7 Å². The predicted octanol–water partition coefficient (Wildman–Crippen LogP) is 2.71. The number of hydrogen-bond acceptors (Lipinski definition) is 2. The Hall–Kier alpha value is -1.55. The third kappa shape index (κ3) is 3.38. The molecule has 2 fully saturated rings. The molecule has 1 N–H and O–H groups in total. The van der Waals surface area contributed by atoms with Crippen LogP contribution in [0.15, 0.2) is 24.3 Å². The van der Waals surface area contributed by atoms with Gasteiger partial charge in [-0.15, -0.1) is 0 Å². The number of urea groups is 1. The van der Waals surface area contributed by atoms with Crippen molar-refractivity contribution in [3.63, 3.8) is 0 Å². The lowest BCUT2D eigenvalue weighted by Crippen LogP contribution is -2.49. The van der Waals surface area contributed by atoms with Gasteiger partial charge < -0.3 is 15.0 Å². The molecule has 4 nitrogen and oxygen atoms in total. The van der Waals surface area contributed by atoms with Crippen molar-refractivity contribution in [3.05, 3.63) is 35.4 Å². The summed E-state index contributed by atoms with van der Waals surface area (Å²) in [5, 5.41) is 3.04. The number of hydrogen-bond donors (Lipinski definition) is 1. The standard InChI is InChI=1S/C17H24N2O2/c1-14-3-5-15(6-4-14)11-18-16(20)19-9-2-7-17(12-19)8-10-21-13-17/h3-6H,2,7-13H2,1H3,(H,18,20)/t17-/m1/s1. The fraction of sp³-hybridized carbons (Fsp3) is 0.588. The molecule has 0 unspecified atom stereocenters. The first-order valence-electron chi connectivity index (χ1n) is 7.83. The van der Waals surface area contributed by atoms with Gasteiger partial charge in [0.15, 0.2) is 0 Å². The minimum Gasteiger partial charge on any atom is -0.381 e. The lowest BCUT2D eigenvalue weighted by atomic mass is 9.79. The molecular weight excluding hydrogens is 264 g/mol. The van der Waals surface area contributed by atoms with Crippen LogP contribution in [0.5, 0.6) is 0 Å². The number of nitrogens with one attached hydrogen (secondary N) is 1. The van der Waals surface area contributed by atoms with E-state index in [2.05, 4.69) is 36.5 Å². The molecule has 0 aliphatic carbocycles. The van der Waals surface area contributed by atoms with E-state index in [1.165, 1.54) is 12.0 Å². The molecule has 1 aromatic carbocycles. The van der Waals surface area contributed by atoms with E-state index in [4.69, 9.17) is 4.74 Å². The van der Waals surface area contributed by atoms with Crippen molar-refractivity contribution in [1.82, 2.24) is 10.2 Å². The number of ether oxygens (including phenoxy) is 1. The van der Waals surface area contributed by atoms with Gasteiger partial charge in [0.25, 0.3) is 0 Å². The highest BCUT2D eigenvalue weighted by Gasteiger charge is 2.40. The number of benzene rings is 1. The van der Waals surface area contributed by atoms with Gasteiger partial charge in [-0.2, -0.15) is 0 Å². The maximum absolute atomic E-state index is 12.4. The van der Waals surface area contributed by atoms with Crippen LogP contribution in [0.25, 0.3) is 0 Å². The monoisotopic (exact) mass is 288 g/mol. The second-order valence-electron chi connectivity index (χ2n) is 6.47. The smallest absolute Gasteiger partial charge is 0.317 e. The predicted molar refractivity (Wildman–Crippen MR) is 82.1 cm³/mol. The molecule has 2 heterocycles. The number of amides is 2. The van der Waals surface area contributed by atoms with Crippen LogP contribution in [0.4, 0.5) is 4.79 Å². The highest BCUT2D eigenvalue weighted by atomic mass is 16.5. The van der Waals surface area contributed by atoms with Crippen LogP contribution in [0.2, 0.25) is 0 Å².